The molecule has 0 fully saturated rings. The summed E-state index contributed by atoms with van der Waals surface area (Å²) in [5.41, 5.74) is 0.958. The molecule has 0 saturated heterocycles. The maximum atomic E-state index is 4.44. The van der Waals surface area contributed by atoms with Gasteiger partial charge in [0.1, 0.15) is 12.1 Å². The SMILES string of the molecule is Cc1nc(NC(C)c2nncn2C)ccc1Br. The largest absolute Gasteiger partial charge is 0.360 e. The van der Waals surface area contributed by atoms with E-state index in [4.69, 9.17) is 0 Å². The highest BCUT2D eigenvalue weighted by Gasteiger charge is 2.11. The summed E-state index contributed by atoms with van der Waals surface area (Å²) in [5.74, 6) is 1.72. The minimum absolute atomic E-state index is 0.0653. The molecule has 2 rings (SSSR count). The van der Waals surface area contributed by atoms with Crippen LogP contribution in [0, 0.1) is 6.92 Å². The van der Waals surface area contributed by atoms with Gasteiger partial charge in [0.25, 0.3) is 0 Å². The minimum Gasteiger partial charge on any atom is -0.360 e. The fraction of sp³-hybridized carbons (Fsp3) is 0.364. The van der Waals surface area contributed by atoms with E-state index in [1.54, 1.807) is 6.33 Å². The monoisotopic (exact) mass is 295 g/mol. The molecule has 0 amide bonds. The van der Waals surface area contributed by atoms with Gasteiger partial charge in [0, 0.05) is 11.5 Å². The Kier molecular flexibility index (Phi) is 3.42. The Balaban J connectivity index is 2.16. The summed E-state index contributed by atoms with van der Waals surface area (Å²) in [4.78, 5) is 4.44. The van der Waals surface area contributed by atoms with Crippen LogP contribution < -0.4 is 5.32 Å². The van der Waals surface area contributed by atoms with E-state index in [9.17, 15) is 0 Å². The van der Waals surface area contributed by atoms with Crippen molar-refractivity contribution in [3.63, 3.8) is 0 Å². The van der Waals surface area contributed by atoms with Gasteiger partial charge in [-0.3, -0.25) is 0 Å². The first-order valence-corrected chi connectivity index (χ1v) is 6.11. The third-order valence-electron chi connectivity index (χ3n) is 2.52. The zero-order valence-corrected chi connectivity index (χ0v) is 11.6. The van der Waals surface area contributed by atoms with Gasteiger partial charge in [-0.1, -0.05) is 0 Å². The Morgan fingerprint density at radius 2 is 2.18 bits per heavy atom. The molecule has 90 valence electrons. The summed E-state index contributed by atoms with van der Waals surface area (Å²) in [6, 6.07) is 3.98. The molecule has 1 atom stereocenters. The molecule has 0 spiro atoms. The zero-order chi connectivity index (χ0) is 12.4. The lowest BCUT2D eigenvalue weighted by Crippen LogP contribution is -2.13. The number of aryl methyl sites for hydroxylation is 2. The number of nitrogens with zero attached hydrogens (tertiary/aromatic N) is 4. The van der Waals surface area contributed by atoms with Crippen molar-refractivity contribution < 1.29 is 0 Å². The standard InChI is InChI=1S/C11H14BrN5/c1-7-9(12)4-5-10(14-7)15-8(2)11-16-13-6-17(11)3/h4-6,8H,1-3H3,(H,14,15). The van der Waals surface area contributed by atoms with Crippen molar-refractivity contribution in [3.8, 4) is 0 Å². The van der Waals surface area contributed by atoms with Crippen molar-refractivity contribution in [2.24, 2.45) is 7.05 Å². The molecule has 0 aliphatic heterocycles. The molecule has 0 bridgehead atoms. The molecule has 1 N–H and O–H groups in total. The number of rotatable bonds is 3. The van der Waals surface area contributed by atoms with Crippen molar-refractivity contribution in [2.75, 3.05) is 5.32 Å². The third kappa shape index (κ3) is 2.63. The normalized spacial score (nSPS) is 12.5. The second kappa shape index (κ2) is 4.83. The first kappa shape index (κ1) is 12.0. The van der Waals surface area contributed by atoms with E-state index in [1.807, 2.05) is 37.6 Å². The van der Waals surface area contributed by atoms with Crippen molar-refractivity contribution in [2.45, 2.75) is 19.9 Å². The second-order valence-electron chi connectivity index (χ2n) is 3.93. The molecular weight excluding hydrogens is 282 g/mol. The van der Waals surface area contributed by atoms with Gasteiger partial charge in [0.2, 0.25) is 0 Å². The molecule has 5 nitrogen and oxygen atoms in total. The molecule has 2 aromatic heterocycles. The zero-order valence-electron chi connectivity index (χ0n) is 9.98. The number of anilines is 1. The highest BCUT2D eigenvalue weighted by atomic mass is 79.9. The Labute approximate surface area is 108 Å². The van der Waals surface area contributed by atoms with Crippen LogP contribution in [0.5, 0.6) is 0 Å². The Hall–Kier alpha value is -1.43. The van der Waals surface area contributed by atoms with Crippen molar-refractivity contribution in [1.29, 1.82) is 0 Å². The van der Waals surface area contributed by atoms with Gasteiger partial charge in [-0.15, -0.1) is 10.2 Å². The van der Waals surface area contributed by atoms with Gasteiger partial charge in [-0.05, 0) is 41.9 Å². The van der Waals surface area contributed by atoms with Gasteiger partial charge in [-0.25, -0.2) is 4.98 Å². The highest BCUT2D eigenvalue weighted by molar-refractivity contribution is 9.10. The van der Waals surface area contributed by atoms with Crippen LogP contribution in [0.1, 0.15) is 24.5 Å². The fourth-order valence-electron chi connectivity index (χ4n) is 1.59. The average molecular weight is 296 g/mol. The fourth-order valence-corrected chi connectivity index (χ4v) is 1.82. The summed E-state index contributed by atoms with van der Waals surface area (Å²) in [6.45, 7) is 3.99. The number of hydrogen-bond donors (Lipinski definition) is 1. The quantitative estimate of drug-likeness (QED) is 0.945. The van der Waals surface area contributed by atoms with Crippen LogP contribution in [0.4, 0.5) is 5.82 Å². The summed E-state index contributed by atoms with van der Waals surface area (Å²) in [6.07, 6.45) is 1.69. The number of aromatic nitrogens is 4. The molecule has 0 aliphatic carbocycles. The predicted molar refractivity (Wildman–Crippen MR) is 69.7 cm³/mol. The third-order valence-corrected chi connectivity index (χ3v) is 3.36. The van der Waals surface area contributed by atoms with Gasteiger partial charge in [-0.2, -0.15) is 0 Å². The van der Waals surface area contributed by atoms with E-state index < -0.39 is 0 Å². The molecule has 2 aromatic rings. The van der Waals surface area contributed by atoms with E-state index in [1.165, 1.54) is 0 Å². The Bertz CT molecular complexity index is 522. The van der Waals surface area contributed by atoms with E-state index in [0.29, 0.717) is 0 Å². The lowest BCUT2D eigenvalue weighted by atomic mass is 10.3. The van der Waals surface area contributed by atoms with E-state index in [-0.39, 0.29) is 6.04 Å². The Morgan fingerprint density at radius 3 is 2.76 bits per heavy atom. The summed E-state index contributed by atoms with van der Waals surface area (Å²) < 4.78 is 2.90. The lowest BCUT2D eigenvalue weighted by Gasteiger charge is -2.14. The number of halogens is 1. The first-order chi connectivity index (χ1) is 8.08. The van der Waals surface area contributed by atoms with Crippen molar-refractivity contribution in [3.05, 3.63) is 34.5 Å². The van der Waals surface area contributed by atoms with Crippen LogP contribution in [0.25, 0.3) is 0 Å². The van der Waals surface area contributed by atoms with Crippen molar-refractivity contribution in [1.82, 2.24) is 19.7 Å². The maximum Gasteiger partial charge on any atom is 0.154 e. The number of hydrogen-bond acceptors (Lipinski definition) is 4. The minimum atomic E-state index is 0.0653. The molecule has 1 unspecified atom stereocenters. The topological polar surface area (TPSA) is 55.6 Å². The molecule has 0 aliphatic rings. The van der Waals surface area contributed by atoms with Crippen LogP contribution in [-0.4, -0.2) is 19.7 Å². The smallest absolute Gasteiger partial charge is 0.154 e. The van der Waals surface area contributed by atoms with E-state index in [0.717, 1.165) is 21.8 Å². The van der Waals surface area contributed by atoms with Crippen LogP contribution in [-0.2, 0) is 7.05 Å². The van der Waals surface area contributed by atoms with E-state index >= 15 is 0 Å². The molecule has 2 heterocycles. The summed E-state index contributed by atoms with van der Waals surface area (Å²) in [7, 11) is 1.92. The Morgan fingerprint density at radius 1 is 1.41 bits per heavy atom. The molecular formula is C11H14BrN5. The average Bonchev–Trinajstić information content (AvgIpc) is 2.70. The van der Waals surface area contributed by atoms with Gasteiger partial charge >= 0.3 is 0 Å². The molecule has 17 heavy (non-hydrogen) atoms. The van der Waals surface area contributed by atoms with Gasteiger partial charge < -0.3 is 9.88 Å². The first-order valence-electron chi connectivity index (χ1n) is 5.31. The van der Waals surface area contributed by atoms with E-state index in [2.05, 4.69) is 36.4 Å². The summed E-state index contributed by atoms with van der Waals surface area (Å²) in [5, 5.41) is 11.2. The molecule has 0 saturated carbocycles. The summed E-state index contributed by atoms with van der Waals surface area (Å²) >= 11 is 3.43. The van der Waals surface area contributed by atoms with Crippen LogP contribution >= 0.6 is 15.9 Å². The molecule has 6 heteroatoms. The van der Waals surface area contributed by atoms with Crippen LogP contribution in [0.2, 0.25) is 0 Å². The predicted octanol–water partition coefficient (Wildman–Crippen LogP) is 2.45. The van der Waals surface area contributed by atoms with Crippen LogP contribution in [0.15, 0.2) is 22.9 Å². The van der Waals surface area contributed by atoms with Gasteiger partial charge in [0.05, 0.1) is 11.7 Å². The van der Waals surface area contributed by atoms with Crippen LogP contribution in [0.3, 0.4) is 0 Å². The maximum absolute atomic E-state index is 4.44. The highest BCUT2D eigenvalue weighted by Crippen LogP contribution is 2.19. The van der Waals surface area contributed by atoms with Crippen molar-refractivity contribution >= 4 is 21.7 Å². The molecule has 0 aromatic carbocycles. The number of nitrogens with one attached hydrogen (secondary N) is 1. The molecule has 0 radical (unpaired) electrons. The second-order valence-corrected chi connectivity index (χ2v) is 4.78. The lowest BCUT2D eigenvalue weighted by molar-refractivity contribution is 0.716. The van der Waals surface area contributed by atoms with Gasteiger partial charge in [0.15, 0.2) is 5.82 Å². The number of pyridine rings is 1.